The quantitative estimate of drug-likeness (QED) is 0.500. The Hall–Kier alpha value is -0.300. The van der Waals surface area contributed by atoms with Crippen LogP contribution in [0, 0.1) is 5.92 Å². The van der Waals surface area contributed by atoms with Crippen LogP contribution in [0.1, 0.15) is 71.6 Å². The minimum absolute atomic E-state index is 0.117. The SMILES string of the molecule is CCCCC=C1CCC(CCCCC)C1O. The Kier molecular flexibility index (Phi) is 6.79. The molecular formula is C15H28O. The highest BCUT2D eigenvalue weighted by atomic mass is 16.3. The minimum Gasteiger partial charge on any atom is -0.388 e. The van der Waals surface area contributed by atoms with E-state index in [2.05, 4.69) is 19.9 Å². The lowest BCUT2D eigenvalue weighted by molar-refractivity contribution is 0.154. The number of hydrogen-bond donors (Lipinski definition) is 1. The van der Waals surface area contributed by atoms with Crippen molar-refractivity contribution in [1.82, 2.24) is 0 Å². The highest BCUT2D eigenvalue weighted by molar-refractivity contribution is 5.14. The van der Waals surface area contributed by atoms with Crippen molar-refractivity contribution in [3.05, 3.63) is 11.6 Å². The molecule has 1 fully saturated rings. The van der Waals surface area contributed by atoms with Crippen molar-refractivity contribution in [1.29, 1.82) is 0 Å². The zero-order chi connectivity index (χ0) is 11.8. The van der Waals surface area contributed by atoms with Gasteiger partial charge in [0.2, 0.25) is 0 Å². The summed E-state index contributed by atoms with van der Waals surface area (Å²) in [7, 11) is 0. The number of allylic oxidation sites excluding steroid dienone is 1. The van der Waals surface area contributed by atoms with E-state index in [-0.39, 0.29) is 6.10 Å². The van der Waals surface area contributed by atoms with E-state index in [9.17, 15) is 5.11 Å². The maximum atomic E-state index is 10.2. The molecule has 1 nitrogen and oxygen atoms in total. The van der Waals surface area contributed by atoms with Gasteiger partial charge in [0.1, 0.15) is 0 Å². The average Bonchev–Trinajstić information content (AvgIpc) is 2.62. The van der Waals surface area contributed by atoms with Crippen LogP contribution < -0.4 is 0 Å². The lowest BCUT2D eigenvalue weighted by atomic mass is 9.97. The minimum atomic E-state index is -0.117. The molecule has 0 spiro atoms. The summed E-state index contributed by atoms with van der Waals surface area (Å²) >= 11 is 0. The lowest BCUT2D eigenvalue weighted by Crippen LogP contribution is -2.14. The molecule has 0 heterocycles. The molecule has 0 radical (unpaired) electrons. The third-order valence-corrected chi connectivity index (χ3v) is 3.77. The molecule has 0 aliphatic heterocycles. The van der Waals surface area contributed by atoms with E-state index in [1.54, 1.807) is 0 Å². The Morgan fingerprint density at radius 3 is 2.62 bits per heavy atom. The molecule has 0 aromatic heterocycles. The average molecular weight is 224 g/mol. The number of aliphatic hydroxyl groups is 1. The second-order valence-electron chi connectivity index (χ2n) is 5.16. The van der Waals surface area contributed by atoms with Gasteiger partial charge in [-0.05, 0) is 37.2 Å². The van der Waals surface area contributed by atoms with Crippen LogP contribution in [-0.2, 0) is 0 Å². The number of hydrogen-bond acceptors (Lipinski definition) is 1. The Morgan fingerprint density at radius 1 is 1.19 bits per heavy atom. The van der Waals surface area contributed by atoms with Crippen molar-refractivity contribution in [2.45, 2.75) is 77.7 Å². The first-order chi connectivity index (χ1) is 7.79. The van der Waals surface area contributed by atoms with Crippen LogP contribution in [0.3, 0.4) is 0 Å². The van der Waals surface area contributed by atoms with Crippen LogP contribution in [-0.4, -0.2) is 11.2 Å². The lowest BCUT2D eigenvalue weighted by Gasteiger charge is -2.14. The van der Waals surface area contributed by atoms with Crippen molar-refractivity contribution in [2.24, 2.45) is 5.92 Å². The first kappa shape index (κ1) is 13.8. The maximum Gasteiger partial charge on any atom is 0.0778 e. The van der Waals surface area contributed by atoms with Crippen molar-refractivity contribution in [2.75, 3.05) is 0 Å². The van der Waals surface area contributed by atoms with E-state index in [1.807, 2.05) is 0 Å². The molecule has 0 amide bonds. The molecule has 1 N–H and O–H groups in total. The van der Waals surface area contributed by atoms with Gasteiger partial charge >= 0.3 is 0 Å². The van der Waals surface area contributed by atoms with Crippen LogP contribution in [0.25, 0.3) is 0 Å². The van der Waals surface area contributed by atoms with Gasteiger partial charge in [-0.25, -0.2) is 0 Å². The number of aliphatic hydroxyl groups excluding tert-OH is 1. The van der Waals surface area contributed by atoms with Crippen molar-refractivity contribution in [3.8, 4) is 0 Å². The fourth-order valence-electron chi connectivity index (χ4n) is 2.63. The Morgan fingerprint density at radius 2 is 1.94 bits per heavy atom. The molecule has 1 aliphatic rings. The highest BCUT2D eigenvalue weighted by Crippen LogP contribution is 2.34. The van der Waals surface area contributed by atoms with Gasteiger partial charge in [-0.2, -0.15) is 0 Å². The predicted molar refractivity (Wildman–Crippen MR) is 70.5 cm³/mol. The molecule has 16 heavy (non-hydrogen) atoms. The molecule has 1 aliphatic carbocycles. The van der Waals surface area contributed by atoms with E-state index in [0.29, 0.717) is 5.92 Å². The number of unbranched alkanes of at least 4 members (excludes halogenated alkanes) is 4. The summed E-state index contributed by atoms with van der Waals surface area (Å²) in [6.07, 6.45) is 13.3. The largest absolute Gasteiger partial charge is 0.388 e. The molecule has 0 bridgehead atoms. The van der Waals surface area contributed by atoms with Gasteiger partial charge in [-0.15, -0.1) is 0 Å². The van der Waals surface area contributed by atoms with Gasteiger partial charge in [-0.3, -0.25) is 0 Å². The summed E-state index contributed by atoms with van der Waals surface area (Å²) in [5.74, 6) is 0.555. The van der Waals surface area contributed by atoms with Crippen molar-refractivity contribution < 1.29 is 5.11 Å². The predicted octanol–water partition coefficient (Wildman–Crippen LogP) is 4.45. The molecule has 2 atom stereocenters. The first-order valence-electron chi connectivity index (χ1n) is 7.16. The summed E-state index contributed by atoms with van der Waals surface area (Å²) in [6, 6.07) is 0. The van der Waals surface area contributed by atoms with Gasteiger partial charge in [-0.1, -0.05) is 52.0 Å². The monoisotopic (exact) mass is 224 g/mol. The summed E-state index contributed by atoms with van der Waals surface area (Å²) in [6.45, 7) is 4.46. The molecule has 0 saturated heterocycles. The molecule has 1 heteroatoms. The number of rotatable bonds is 7. The second kappa shape index (κ2) is 7.89. The zero-order valence-electron chi connectivity index (χ0n) is 11.0. The molecule has 0 aromatic carbocycles. The van der Waals surface area contributed by atoms with Crippen molar-refractivity contribution in [3.63, 3.8) is 0 Å². The molecule has 0 aromatic rings. The van der Waals surface area contributed by atoms with Gasteiger partial charge in [0, 0.05) is 0 Å². The summed E-state index contributed by atoms with van der Waals surface area (Å²) in [4.78, 5) is 0. The Bertz CT molecular complexity index is 207. The Balaban J connectivity index is 2.29. The molecule has 1 rings (SSSR count). The van der Waals surface area contributed by atoms with E-state index >= 15 is 0 Å². The van der Waals surface area contributed by atoms with Gasteiger partial charge < -0.3 is 5.11 Å². The van der Waals surface area contributed by atoms with Gasteiger partial charge in [0.05, 0.1) is 6.10 Å². The van der Waals surface area contributed by atoms with E-state index in [4.69, 9.17) is 0 Å². The highest BCUT2D eigenvalue weighted by Gasteiger charge is 2.28. The first-order valence-corrected chi connectivity index (χ1v) is 7.16. The third kappa shape index (κ3) is 4.29. The molecule has 2 unspecified atom stereocenters. The smallest absolute Gasteiger partial charge is 0.0778 e. The van der Waals surface area contributed by atoms with Gasteiger partial charge in [0.25, 0.3) is 0 Å². The van der Waals surface area contributed by atoms with Gasteiger partial charge in [0.15, 0.2) is 0 Å². The van der Waals surface area contributed by atoms with E-state index in [1.165, 1.54) is 50.5 Å². The van der Waals surface area contributed by atoms with E-state index in [0.717, 1.165) is 12.8 Å². The van der Waals surface area contributed by atoms with E-state index < -0.39 is 0 Å². The van der Waals surface area contributed by atoms with Crippen LogP contribution in [0.4, 0.5) is 0 Å². The fraction of sp³-hybridized carbons (Fsp3) is 0.867. The standard InChI is InChI=1S/C15H28O/c1-3-5-7-9-13-11-12-14(15(13)16)10-8-6-4-2/h9,14-16H,3-8,10-12H2,1-2H3. The second-order valence-corrected chi connectivity index (χ2v) is 5.16. The zero-order valence-corrected chi connectivity index (χ0v) is 11.0. The summed E-state index contributed by atoms with van der Waals surface area (Å²) < 4.78 is 0. The Labute approximate surface area is 101 Å². The van der Waals surface area contributed by atoms with Crippen LogP contribution >= 0.6 is 0 Å². The molecule has 94 valence electrons. The maximum absolute atomic E-state index is 10.2. The summed E-state index contributed by atoms with van der Waals surface area (Å²) in [5, 5.41) is 10.2. The van der Waals surface area contributed by atoms with Crippen LogP contribution in [0.2, 0.25) is 0 Å². The molecular weight excluding hydrogens is 196 g/mol. The third-order valence-electron chi connectivity index (χ3n) is 3.77. The summed E-state index contributed by atoms with van der Waals surface area (Å²) in [5.41, 5.74) is 1.33. The molecule has 1 saturated carbocycles. The van der Waals surface area contributed by atoms with Crippen LogP contribution in [0.15, 0.2) is 11.6 Å². The topological polar surface area (TPSA) is 20.2 Å². The normalized spacial score (nSPS) is 27.8. The fourth-order valence-corrected chi connectivity index (χ4v) is 2.63. The van der Waals surface area contributed by atoms with Crippen LogP contribution in [0.5, 0.6) is 0 Å². The van der Waals surface area contributed by atoms with Crippen molar-refractivity contribution >= 4 is 0 Å².